The molecular formula is C22H21FN2O2. The molecule has 27 heavy (non-hydrogen) atoms. The van der Waals surface area contributed by atoms with Gasteiger partial charge >= 0.3 is 0 Å². The number of hydrogen-bond acceptors (Lipinski definition) is 4. The van der Waals surface area contributed by atoms with Gasteiger partial charge in [0, 0.05) is 42.7 Å². The lowest BCUT2D eigenvalue weighted by Crippen LogP contribution is -2.30. The van der Waals surface area contributed by atoms with Crippen molar-refractivity contribution >= 4 is 6.08 Å². The largest absolute Gasteiger partial charge is 0.496 e. The number of methoxy groups -OCH3 is 1. The summed E-state index contributed by atoms with van der Waals surface area (Å²) in [5, 5.41) is 4.14. The summed E-state index contributed by atoms with van der Waals surface area (Å²) < 4.78 is 25.0. The highest BCUT2D eigenvalue weighted by Gasteiger charge is 2.25. The zero-order chi connectivity index (χ0) is 18.6. The minimum absolute atomic E-state index is 0.276. The molecule has 5 heteroatoms. The number of rotatable bonds is 5. The van der Waals surface area contributed by atoms with Crippen LogP contribution < -0.4 is 4.74 Å². The number of nitrogens with zero attached hydrogens (tertiary/aromatic N) is 2. The minimum Gasteiger partial charge on any atom is -0.496 e. The van der Waals surface area contributed by atoms with Gasteiger partial charge in [0.05, 0.1) is 7.11 Å². The predicted octanol–water partition coefficient (Wildman–Crippen LogP) is 4.56. The molecule has 0 spiro atoms. The van der Waals surface area contributed by atoms with Crippen LogP contribution in [0.1, 0.15) is 16.9 Å². The number of aromatic nitrogens is 1. The highest BCUT2D eigenvalue weighted by atomic mass is 19.1. The fourth-order valence-electron chi connectivity index (χ4n) is 3.42. The fraction of sp³-hybridized carbons (Fsp3) is 0.227. The Bertz CT molecular complexity index is 964. The van der Waals surface area contributed by atoms with E-state index in [0.29, 0.717) is 17.8 Å². The number of para-hydroxylation sites is 1. The Morgan fingerprint density at radius 1 is 1.19 bits per heavy atom. The van der Waals surface area contributed by atoms with Crippen molar-refractivity contribution in [3.63, 3.8) is 0 Å². The lowest BCUT2D eigenvalue weighted by atomic mass is 10.0. The lowest BCUT2D eigenvalue weighted by molar-refractivity contribution is 0.258. The summed E-state index contributed by atoms with van der Waals surface area (Å²) in [6.45, 7) is 2.37. The van der Waals surface area contributed by atoms with Crippen LogP contribution >= 0.6 is 0 Å². The van der Waals surface area contributed by atoms with Crippen molar-refractivity contribution in [2.45, 2.75) is 13.0 Å². The molecule has 0 radical (unpaired) electrons. The van der Waals surface area contributed by atoms with E-state index in [0.717, 1.165) is 42.1 Å². The van der Waals surface area contributed by atoms with E-state index in [9.17, 15) is 4.39 Å². The molecule has 2 heterocycles. The van der Waals surface area contributed by atoms with Crippen molar-refractivity contribution in [2.75, 3.05) is 20.2 Å². The second-order valence-corrected chi connectivity index (χ2v) is 6.54. The van der Waals surface area contributed by atoms with Crippen LogP contribution in [-0.4, -0.2) is 30.3 Å². The molecule has 0 fully saturated rings. The summed E-state index contributed by atoms with van der Waals surface area (Å²) in [4.78, 5) is 2.30. The molecule has 1 aliphatic heterocycles. The number of benzene rings is 2. The smallest absolute Gasteiger partial charge is 0.143 e. The van der Waals surface area contributed by atoms with Crippen LogP contribution in [0.15, 0.2) is 59.1 Å². The van der Waals surface area contributed by atoms with Gasteiger partial charge in [0.1, 0.15) is 23.0 Å². The molecule has 0 amide bonds. The molecule has 0 aliphatic carbocycles. The molecule has 0 saturated carbocycles. The van der Waals surface area contributed by atoms with Crippen LogP contribution in [-0.2, 0) is 13.0 Å². The standard InChI is InChI=1S/C22H21FN2O2/c1-26-20-11-5-2-7-16(20)8-6-13-25-14-12-21-18(15-25)22(24-27-21)17-9-3-4-10-19(17)23/h2-11H,12-15H2,1H3. The van der Waals surface area contributed by atoms with Crippen molar-refractivity contribution in [2.24, 2.45) is 0 Å². The second kappa shape index (κ2) is 7.76. The van der Waals surface area contributed by atoms with Crippen LogP contribution in [0.3, 0.4) is 0 Å². The molecule has 1 aliphatic rings. The first-order valence-corrected chi connectivity index (χ1v) is 9.00. The Labute approximate surface area is 157 Å². The quantitative estimate of drug-likeness (QED) is 0.665. The van der Waals surface area contributed by atoms with E-state index in [1.54, 1.807) is 19.2 Å². The van der Waals surface area contributed by atoms with Crippen LogP contribution in [0.2, 0.25) is 0 Å². The Morgan fingerprint density at radius 3 is 2.85 bits per heavy atom. The molecule has 2 aromatic carbocycles. The summed E-state index contributed by atoms with van der Waals surface area (Å²) in [5.41, 5.74) is 3.14. The number of hydrogen-bond donors (Lipinski definition) is 0. The minimum atomic E-state index is -0.276. The SMILES string of the molecule is COc1ccccc1C=CCN1CCc2onc(-c3ccccc3F)c2C1. The number of fused-ring (bicyclic) bond motifs is 1. The summed E-state index contributed by atoms with van der Waals surface area (Å²) in [6, 6.07) is 14.6. The van der Waals surface area contributed by atoms with Crippen molar-refractivity contribution in [3.8, 4) is 17.0 Å². The van der Waals surface area contributed by atoms with Crippen molar-refractivity contribution in [1.29, 1.82) is 0 Å². The highest BCUT2D eigenvalue weighted by molar-refractivity contribution is 5.64. The maximum atomic E-state index is 14.2. The number of halogens is 1. The van der Waals surface area contributed by atoms with E-state index in [2.05, 4.69) is 22.2 Å². The van der Waals surface area contributed by atoms with Gasteiger partial charge in [-0.3, -0.25) is 4.90 Å². The molecule has 3 aromatic rings. The number of ether oxygens (including phenoxy) is 1. The van der Waals surface area contributed by atoms with E-state index < -0.39 is 0 Å². The topological polar surface area (TPSA) is 38.5 Å². The molecular weight excluding hydrogens is 343 g/mol. The van der Waals surface area contributed by atoms with Gasteiger partial charge in [-0.2, -0.15) is 0 Å². The second-order valence-electron chi connectivity index (χ2n) is 6.54. The Morgan fingerprint density at radius 2 is 2.00 bits per heavy atom. The van der Waals surface area contributed by atoms with Gasteiger partial charge in [-0.1, -0.05) is 47.6 Å². The summed E-state index contributed by atoms with van der Waals surface area (Å²) in [6.07, 6.45) is 4.97. The third-order valence-electron chi connectivity index (χ3n) is 4.84. The average molecular weight is 364 g/mol. The summed E-state index contributed by atoms with van der Waals surface area (Å²) in [7, 11) is 1.68. The van der Waals surface area contributed by atoms with Gasteiger partial charge in [0.2, 0.25) is 0 Å². The predicted molar refractivity (Wildman–Crippen MR) is 103 cm³/mol. The van der Waals surface area contributed by atoms with Crippen molar-refractivity contribution in [1.82, 2.24) is 10.1 Å². The third kappa shape index (κ3) is 3.64. The van der Waals surface area contributed by atoms with Gasteiger partial charge in [-0.15, -0.1) is 0 Å². The molecule has 138 valence electrons. The maximum absolute atomic E-state index is 14.2. The lowest BCUT2D eigenvalue weighted by Gasteiger charge is -2.24. The van der Waals surface area contributed by atoms with Gasteiger partial charge in [0.25, 0.3) is 0 Å². The molecule has 0 bridgehead atoms. The molecule has 4 rings (SSSR count). The average Bonchev–Trinajstić information content (AvgIpc) is 3.12. The van der Waals surface area contributed by atoms with Gasteiger partial charge in [-0.25, -0.2) is 4.39 Å². The van der Waals surface area contributed by atoms with Crippen LogP contribution in [0.4, 0.5) is 4.39 Å². The molecule has 4 nitrogen and oxygen atoms in total. The highest BCUT2D eigenvalue weighted by Crippen LogP contribution is 2.31. The van der Waals surface area contributed by atoms with Crippen LogP contribution in [0, 0.1) is 5.82 Å². The van der Waals surface area contributed by atoms with E-state index >= 15 is 0 Å². The fourth-order valence-corrected chi connectivity index (χ4v) is 3.42. The van der Waals surface area contributed by atoms with Gasteiger partial charge < -0.3 is 9.26 Å². The normalized spacial score (nSPS) is 14.4. The molecule has 0 saturated heterocycles. The molecule has 0 unspecified atom stereocenters. The first-order chi connectivity index (χ1) is 13.3. The van der Waals surface area contributed by atoms with E-state index in [-0.39, 0.29) is 5.82 Å². The monoisotopic (exact) mass is 364 g/mol. The zero-order valence-corrected chi connectivity index (χ0v) is 15.2. The van der Waals surface area contributed by atoms with Crippen LogP contribution in [0.25, 0.3) is 17.3 Å². The first-order valence-electron chi connectivity index (χ1n) is 9.00. The Kier molecular flexibility index (Phi) is 5.03. The molecule has 1 aromatic heterocycles. The summed E-state index contributed by atoms with van der Waals surface area (Å²) in [5.74, 6) is 1.44. The van der Waals surface area contributed by atoms with Crippen LogP contribution in [0.5, 0.6) is 5.75 Å². The molecule has 0 atom stereocenters. The van der Waals surface area contributed by atoms with E-state index in [1.165, 1.54) is 6.07 Å². The van der Waals surface area contributed by atoms with Crippen molar-refractivity contribution in [3.05, 3.63) is 77.3 Å². The Hall–Kier alpha value is -2.92. The van der Waals surface area contributed by atoms with Crippen molar-refractivity contribution < 1.29 is 13.7 Å². The molecule has 0 N–H and O–H groups in total. The maximum Gasteiger partial charge on any atom is 0.143 e. The van der Waals surface area contributed by atoms with Gasteiger partial charge in [0.15, 0.2) is 0 Å². The van der Waals surface area contributed by atoms with E-state index in [4.69, 9.17) is 9.26 Å². The summed E-state index contributed by atoms with van der Waals surface area (Å²) >= 11 is 0. The zero-order valence-electron chi connectivity index (χ0n) is 15.2. The van der Waals surface area contributed by atoms with Gasteiger partial charge in [-0.05, 0) is 18.2 Å². The first kappa shape index (κ1) is 17.5. The third-order valence-corrected chi connectivity index (χ3v) is 4.84. The Balaban J connectivity index is 1.50. The van der Waals surface area contributed by atoms with E-state index in [1.807, 2.05) is 30.3 Å².